The van der Waals surface area contributed by atoms with Crippen LogP contribution in [0.3, 0.4) is 0 Å². The minimum atomic E-state index is -3.70. The number of carbonyl (C=O) groups excluding carboxylic acids is 1. The van der Waals surface area contributed by atoms with E-state index in [4.69, 9.17) is 25.3 Å². The highest BCUT2D eigenvalue weighted by Crippen LogP contribution is 2.29. The summed E-state index contributed by atoms with van der Waals surface area (Å²) in [6, 6.07) is 10.6. The van der Waals surface area contributed by atoms with Crippen LogP contribution in [0.2, 0.25) is 5.02 Å². The molecule has 0 atom stereocenters. The number of hydrogen-bond acceptors (Lipinski definition) is 9. The summed E-state index contributed by atoms with van der Waals surface area (Å²) in [5, 5.41) is 0.184. The third-order valence-corrected chi connectivity index (χ3v) is 6.42. The molecule has 2 aromatic heterocycles. The standard InChI is InChI=1S/C27H30ClFN4O6S/c1-27(2,3)39-26(34)33-9-7-32(8-10-33)24-6-5-22(16-30-24)38-25-12-18(17-37-40(4,35)36)11-23(31-25)19-13-20(28)15-21(29)14-19/h5-6,11-16H,7-10,17H2,1-4H3. The highest BCUT2D eigenvalue weighted by atomic mass is 35.5. The Morgan fingerprint density at radius 2 is 1.80 bits per heavy atom. The molecule has 1 aliphatic heterocycles. The number of aromatic nitrogens is 2. The first kappa shape index (κ1) is 29.5. The molecule has 0 radical (unpaired) electrons. The topological polar surface area (TPSA) is 111 Å². The van der Waals surface area contributed by atoms with Crippen LogP contribution >= 0.6 is 11.6 Å². The molecule has 0 unspecified atom stereocenters. The molecule has 13 heteroatoms. The third kappa shape index (κ3) is 8.51. The zero-order chi connectivity index (χ0) is 29.1. The van der Waals surface area contributed by atoms with Crippen molar-refractivity contribution < 1.29 is 31.3 Å². The van der Waals surface area contributed by atoms with Crippen LogP contribution < -0.4 is 9.64 Å². The number of benzene rings is 1. The maximum Gasteiger partial charge on any atom is 0.410 e. The van der Waals surface area contributed by atoms with Crippen molar-refractivity contribution in [2.24, 2.45) is 0 Å². The van der Waals surface area contributed by atoms with E-state index in [1.54, 1.807) is 23.1 Å². The van der Waals surface area contributed by atoms with Gasteiger partial charge < -0.3 is 19.3 Å². The fraction of sp³-hybridized carbons (Fsp3) is 0.370. The molecule has 4 rings (SSSR count). The summed E-state index contributed by atoms with van der Waals surface area (Å²) in [7, 11) is -3.70. The Morgan fingerprint density at radius 3 is 2.40 bits per heavy atom. The van der Waals surface area contributed by atoms with E-state index >= 15 is 0 Å². The number of ether oxygens (including phenoxy) is 2. The quantitative estimate of drug-likeness (QED) is 0.339. The fourth-order valence-electron chi connectivity index (χ4n) is 3.90. The van der Waals surface area contributed by atoms with Gasteiger partial charge >= 0.3 is 6.09 Å². The van der Waals surface area contributed by atoms with Crippen molar-refractivity contribution in [2.45, 2.75) is 33.0 Å². The van der Waals surface area contributed by atoms with E-state index < -0.39 is 21.5 Å². The van der Waals surface area contributed by atoms with Gasteiger partial charge in [0.2, 0.25) is 5.88 Å². The lowest BCUT2D eigenvalue weighted by atomic mass is 10.1. The van der Waals surface area contributed by atoms with Gasteiger partial charge in [0, 0.05) is 42.8 Å². The summed E-state index contributed by atoms with van der Waals surface area (Å²) in [6.45, 7) is 7.44. The van der Waals surface area contributed by atoms with Crippen molar-refractivity contribution in [3.05, 3.63) is 65.1 Å². The largest absolute Gasteiger partial charge is 0.444 e. The van der Waals surface area contributed by atoms with Gasteiger partial charge in [-0.3, -0.25) is 4.18 Å². The number of rotatable bonds is 7. The molecule has 0 spiro atoms. The molecule has 1 saturated heterocycles. The third-order valence-electron chi connectivity index (χ3n) is 5.66. The first-order valence-electron chi connectivity index (χ1n) is 12.4. The van der Waals surface area contributed by atoms with Gasteiger partial charge in [-0.1, -0.05) is 11.6 Å². The fourth-order valence-corrected chi connectivity index (χ4v) is 4.48. The molecule has 0 N–H and O–H groups in total. The number of hydrogen-bond donors (Lipinski definition) is 0. The molecule has 1 amide bonds. The van der Waals surface area contributed by atoms with Gasteiger partial charge in [0.1, 0.15) is 23.0 Å². The number of halogens is 2. The minimum Gasteiger partial charge on any atom is -0.444 e. The Balaban J connectivity index is 1.48. The molecule has 1 aliphatic rings. The van der Waals surface area contributed by atoms with Crippen LogP contribution in [0.5, 0.6) is 11.6 Å². The first-order chi connectivity index (χ1) is 18.7. The van der Waals surface area contributed by atoms with E-state index in [0.29, 0.717) is 48.7 Å². The summed E-state index contributed by atoms with van der Waals surface area (Å²) in [5.41, 5.74) is 0.595. The Morgan fingerprint density at radius 1 is 1.07 bits per heavy atom. The van der Waals surface area contributed by atoms with Gasteiger partial charge in [-0.15, -0.1) is 0 Å². The normalized spacial score (nSPS) is 14.2. The monoisotopic (exact) mass is 592 g/mol. The van der Waals surface area contributed by atoms with E-state index in [1.807, 2.05) is 20.8 Å². The summed E-state index contributed by atoms with van der Waals surface area (Å²) in [5.74, 6) is 0.685. The van der Waals surface area contributed by atoms with Crippen molar-refractivity contribution in [1.82, 2.24) is 14.9 Å². The summed E-state index contributed by atoms with van der Waals surface area (Å²) >= 11 is 6.02. The molecule has 0 aliphatic carbocycles. The second kappa shape index (κ2) is 11.9. The van der Waals surface area contributed by atoms with Gasteiger partial charge in [0.15, 0.2) is 0 Å². The summed E-state index contributed by atoms with van der Waals surface area (Å²) in [6.07, 6.45) is 2.15. The smallest absolute Gasteiger partial charge is 0.410 e. The SMILES string of the molecule is CC(C)(C)OC(=O)N1CCN(c2ccc(Oc3cc(COS(C)(=O)=O)cc(-c4cc(F)cc(Cl)c4)n3)cn2)CC1. The predicted octanol–water partition coefficient (Wildman–Crippen LogP) is 5.26. The van der Waals surface area contributed by atoms with Gasteiger partial charge in [0.25, 0.3) is 10.1 Å². The van der Waals surface area contributed by atoms with Crippen molar-refractivity contribution in [3.63, 3.8) is 0 Å². The molecule has 0 saturated carbocycles. The number of pyridine rings is 2. The highest BCUT2D eigenvalue weighted by Gasteiger charge is 2.26. The van der Waals surface area contributed by atoms with Crippen molar-refractivity contribution >= 4 is 33.6 Å². The van der Waals surface area contributed by atoms with Crippen LogP contribution in [0.1, 0.15) is 26.3 Å². The van der Waals surface area contributed by atoms with Crippen LogP contribution in [0, 0.1) is 5.82 Å². The van der Waals surface area contributed by atoms with Crippen LogP contribution in [-0.2, 0) is 25.6 Å². The number of nitrogens with zero attached hydrogens (tertiary/aromatic N) is 4. The first-order valence-corrected chi connectivity index (χ1v) is 14.6. The molecule has 1 fully saturated rings. The van der Waals surface area contributed by atoms with Gasteiger partial charge in [-0.25, -0.2) is 19.2 Å². The Hall–Kier alpha value is -3.48. The number of carbonyl (C=O) groups is 1. The van der Waals surface area contributed by atoms with E-state index in [9.17, 15) is 17.6 Å². The molecule has 0 bridgehead atoms. The van der Waals surface area contributed by atoms with Crippen LogP contribution in [-0.4, -0.2) is 67.4 Å². The highest BCUT2D eigenvalue weighted by molar-refractivity contribution is 7.85. The van der Waals surface area contributed by atoms with E-state index in [2.05, 4.69) is 14.9 Å². The lowest BCUT2D eigenvalue weighted by molar-refractivity contribution is 0.0240. The van der Waals surface area contributed by atoms with E-state index in [1.165, 1.54) is 30.5 Å². The molecular formula is C27H30ClFN4O6S. The predicted molar refractivity (Wildman–Crippen MR) is 149 cm³/mol. The van der Waals surface area contributed by atoms with Crippen molar-refractivity contribution in [3.8, 4) is 22.9 Å². The molecule has 214 valence electrons. The molecule has 3 heterocycles. The lowest BCUT2D eigenvalue weighted by Crippen LogP contribution is -2.50. The van der Waals surface area contributed by atoms with Gasteiger partial charge in [-0.2, -0.15) is 8.42 Å². The Labute approximate surface area is 237 Å². The molecular weight excluding hydrogens is 563 g/mol. The Bertz CT molecular complexity index is 1450. The molecule has 40 heavy (non-hydrogen) atoms. The zero-order valence-corrected chi connectivity index (χ0v) is 24.1. The molecule has 3 aromatic rings. The van der Waals surface area contributed by atoms with E-state index in [-0.39, 0.29) is 23.6 Å². The zero-order valence-electron chi connectivity index (χ0n) is 22.6. The van der Waals surface area contributed by atoms with E-state index in [0.717, 1.165) is 12.1 Å². The average Bonchev–Trinajstić information content (AvgIpc) is 2.86. The van der Waals surface area contributed by atoms with Crippen LogP contribution in [0.4, 0.5) is 15.0 Å². The average molecular weight is 593 g/mol. The Kier molecular flexibility index (Phi) is 8.81. The minimum absolute atomic E-state index is 0.130. The molecule has 1 aromatic carbocycles. The lowest BCUT2D eigenvalue weighted by Gasteiger charge is -2.36. The van der Waals surface area contributed by atoms with Crippen molar-refractivity contribution in [1.29, 1.82) is 0 Å². The van der Waals surface area contributed by atoms with Gasteiger partial charge in [-0.05, 0) is 62.7 Å². The molecule has 10 nitrogen and oxygen atoms in total. The summed E-state index contributed by atoms with van der Waals surface area (Å²) in [4.78, 5) is 25.0. The summed E-state index contributed by atoms with van der Waals surface area (Å²) < 4.78 is 53.3. The van der Waals surface area contributed by atoms with Gasteiger partial charge in [0.05, 0.1) is 24.8 Å². The van der Waals surface area contributed by atoms with Crippen molar-refractivity contribution in [2.75, 3.05) is 37.3 Å². The maximum atomic E-state index is 14.0. The second-order valence-corrected chi connectivity index (χ2v) is 12.3. The second-order valence-electron chi connectivity index (χ2n) is 10.2. The number of anilines is 1. The van der Waals surface area contributed by atoms with Crippen LogP contribution in [0.25, 0.3) is 11.3 Å². The van der Waals surface area contributed by atoms with Crippen LogP contribution in [0.15, 0.2) is 48.7 Å². The number of amides is 1. The maximum absolute atomic E-state index is 14.0. The number of piperazine rings is 1.